The number of anilines is 1. The summed E-state index contributed by atoms with van der Waals surface area (Å²) in [6.07, 6.45) is -4.47. The van der Waals surface area contributed by atoms with Gasteiger partial charge in [0.2, 0.25) is 5.91 Å². The molecule has 1 rings (SSSR count). The molecule has 1 aromatic carbocycles. The van der Waals surface area contributed by atoms with Gasteiger partial charge >= 0.3 is 6.18 Å². The first kappa shape index (κ1) is 18.7. The molecule has 3 N–H and O–H groups in total. The summed E-state index contributed by atoms with van der Waals surface area (Å²) in [5.74, 6) is -0.352. The van der Waals surface area contributed by atoms with E-state index in [-0.39, 0.29) is 30.5 Å². The van der Waals surface area contributed by atoms with Crippen LogP contribution in [-0.2, 0) is 17.5 Å². The Kier molecular flexibility index (Phi) is 6.04. The van der Waals surface area contributed by atoms with Crippen molar-refractivity contribution in [3.63, 3.8) is 0 Å². The number of halogens is 4. The minimum absolute atomic E-state index is 0. The van der Waals surface area contributed by atoms with Crippen molar-refractivity contribution in [1.29, 1.82) is 0 Å². The van der Waals surface area contributed by atoms with Crippen molar-refractivity contribution < 1.29 is 18.0 Å². The molecule has 7 heteroatoms. The number of nitrogens with one attached hydrogen (secondary N) is 1. The summed E-state index contributed by atoms with van der Waals surface area (Å²) >= 11 is 0. The van der Waals surface area contributed by atoms with Gasteiger partial charge in [0, 0.05) is 17.6 Å². The van der Waals surface area contributed by atoms with E-state index in [1.54, 1.807) is 20.8 Å². The monoisotopic (exact) mass is 310 g/mol. The van der Waals surface area contributed by atoms with Gasteiger partial charge in [0.1, 0.15) is 0 Å². The first-order chi connectivity index (χ1) is 8.54. The predicted molar refractivity (Wildman–Crippen MR) is 74.7 cm³/mol. The fourth-order valence-corrected chi connectivity index (χ4v) is 1.36. The molecule has 0 aliphatic rings. The smallest absolute Gasteiger partial charge is 0.326 e. The number of hydrogen-bond donors (Lipinski definition) is 2. The van der Waals surface area contributed by atoms with Crippen molar-refractivity contribution in [3.05, 3.63) is 29.3 Å². The van der Waals surface area contributed by atoms with Crippen molar-refractivity contribution in [2.45, 2.75) is 33.5 Å². The first-order valence-corrected chi connectivity index (χ1v) is 5.76. The van der Waals surface area contributed by atoms with Crippen molar-refractivity contribution >= 4 is 24.0 Å². The molecular formula is C13H18ClF3N2O. The normalized spacial score (nSPS) is 11.8. The van der Waals surface area contributed by atoms with Gasteiger partial charge in [0.05, 0.1) is 5.56 Å². The standard InChI is InChI=1S/C13H17F3N2O.ClH/c1-12(2,3)11(19)18-10-5-8(7-17)4-9(6-10)13(14,15)16;/h4-6H,7,17H2,1-3H3,(H,18,19);1H. The van der Waals surface area contributed by atoms with E-state index in [2.05, 4.69) is 5.32 Å². The zero-order valence-electron chi connectivity index (χ0n) is 11.5. The second-order valence-electron chi connectivity index (χ2n) is 5.32. The number of alkyl halides is 3. The molecule has 0 aliphatic carbocycles. The van der Waals surface area contributed by atoms with E-state index in [1.165, 1.54) is 6.07 Å². The first-order valence-electron chi connectivity index (χ1n) is 5.76. The lowest BCUT2D eigenvalue weighted by molar-refractivity contribution is -0.137. The van der Waals surface area contributed by atoms with Crippen LogP contribution in [0, 0.1) is 5.41 Å². The van der Waals surface area contributed by atoms with Crippen LogP contribution < -0.4 is 11.1 Å². The Morgan fingerprint density at radius 1 is 1.20 bits per heavy atom. The van der Waals surface area contributed by atoms with Gasteiger partial charge in [0.25, 0.3) is 0 Å². The van der Waals surface area contributed by atoms with Crippen LogP contribution in [0.4, 0.5) is 18.9 Å². The third kappa shape index (κ3) is 5.02. The van der Waals surface area contributed by atoms with E-state index in [0.717, 1.165) is 12.1 Å². The lowest BCUT2D eigenvalue weighted by Gasteiger charge is -2.19. The van der Waals surface area contributed by atoms with Gasteiger partial charge in [-0.3, -0.25) is 4.79 Å². The number of carbonyl (C=O) groups is 1. The topological polar surface area (TPSA) is 55.1 Å². The minimum Gasteiger partial charge on any atom is -0.326 e. The number of benzene rings is 1. The number of nitrogens with two attached hydrogens (primary N) is 1. The van der Waals surface area contributed by atoms with Crippen molar-refractivity contribution in [2.75, 3.05) is 5.32 Å². The van der Waals surface area contributed by atoms with Gasteiger partial charge in [-0.15, -0.1) is 12.4 Å². The molecule has 1 amide bonds. The molecule has 0 fully saturated rings. The van der Waals surface area contributed by atoms with Crippen molar-refractivity contribution in [3.8, 4) is 0 Å². The van der Waals surface area contributed by atoms with E-state index in [9.17, 15) is 18.0 Å². The second-order valence-corrected chi connectivity index (χ2v) is 5.32. The Morgan fingerprint density at radius 3 is 2.15 bits per heavy atom. The Hall–Kier alpha value is -1.27. The van der Waals surface area contributed by atoms with E-state index < -0.39 is 17.2 Å². The highest BCUT2D eigenvalue weighted by Gasteiger charge is 2.31. The summed E-state index contributed by atoms with van der Waals surface area (Å²) in [4.78, 5) is 11.8. The maximum absolute atomic E-state index is 12.7. The molecule has 0 saturated heterocycles. The Balaban J connectivity index is 0.00000361. The zero-order chi connectivity index (χ0) is 14.8. The molecule has 0 spiro atoms. The van der Waals surface area contributed by atoms with Gasteiger partial charge in [-0.05, 0) is 23.8 Å². The van der Waals surface area contributed by atoms with E-state index in [4.69, 9.17) is 5.73 Å². The summed E-state index contributed by atoms with van der Waals surface area (Å²) in [6, 6.07) is 3.33. The highest BCUT2D eigenvalue weighted by Crippen LogP contribution is 2.32. The van der Waals surface area contributed by atoms with Gasteiger partial charge in [-0.1, -0.05) is 20.8 Å². The highest BCUT2D eigenvalue weighted by molar-refractivity contribution is 5.94. The number of rotatable bonds is 2. The zero-order valence-corrected chi connectivity index (χ0v) is 12.3. The maximum Gasteiger partial charge on any atom is 0.416 e. The molecule has 0 aliphatic heterocycles. The third-order valence-corrected chi connectivity index (χ3v) is 2.49. The van der Waals surface area contributed by atoms with Gasteiger partial charge in [-0.25, -0.2) is 0 Å². The summed E-state index contributed by atoms with van der Waals surface area (Å²) in [5, 5.41) is 2.47. The molecule has 0 aromatic heterocycles. The molecule has 3 nitrogen and oxygen atoms in total. The molecule has 114 valence electrons. The number of amides is 1. The molecule has 0 unspecified atom stereocenters. The van der Waals surface area contributed by atoms with Crippen LogP contribution in [0.1, 0.15) is 31.9 Å². The quantitative estimate of drug-likeness (QED) is 0.877. The lowest BCUT2D eigenvalue weighted by atomic mass is 9.95. The summed E-state index contributed by atoms with van der Waals surface area (Å²) in [6.45, 7) is 5.02. The molecule has 0 radical (unpaired) electrons. The van der Waals surface area contributed by atoms with Crippen LogP contribution >= 0.6 is 12.4 Å². The average Bonchev–Trinajstić information content (AvgIpc) is 2.26. The summed E-state index contributed by atoms with van der Waals surface area (Å²) in [5.41, 5.74) is 4.29. The molecule has 1 aromatic rings. The molecule has 0 bridgehead atoms. The van der Waals surface area contributed by atoms with Crippen molar-refractivity contribution in [1.82, 2.24) is 0 Å². The molecule has 0 saturated carbocycles. The van der Waals surface area contributed by atoms with E-state index in [0.29, 0.717) is 5.56 Å². The largest absolute Gasteiger partial charge is 0.416 e. The Morgan fingerprint density at radius 2 is 1.75 bits per heavy atom. The summed E-state index contributed by atoms with van der Waals surface area (Å²) < 4.78 is 38.1. The third-order valence-electron chi connectivity index (χ3n) is 2.49. The van der Waals surface area contributed by atoms with Crippen LogP contribution in [0.2, 0.25) is 0 Å². The van der Waals surface area contributed by atoms with Crippen molar-refractivity contribution in [2.24, 2.45) is 11.1 Å². The van der Waals surface area contributed by atoms with Crippen LogP contribution in [0.15, 0.2) is 18.2 Å². The summed E-state index contributed by atoms with van der Waals surface area (Å²) in [7, 11) is 0. The number of carbonyl (C=O) groups excluding carboxylic acids is 1. The van der Waals surface area contributed by atoms with Gasteiger partial charge in [-0.2, -0.15) is 13.2 Å². The molecule has 0 heterocycles. The Labute approximate surface area is 122 Å². The fourth-order valence-electron chi connectivity index (χ4n) is 1.36. The second kappa shape index (κ2) is 6.45. The molecular weight excluding hydrogens is 293 g/mol. The van der Waals surface area contributed by atoms with E-state index in [1.807, 2.05) is 0 Å². The highest BCUT2D eigenvalue weighted by atomic mass is 35.5. The van der Waals surface area contributed by atoms with E-state index >= 15 is 0 Å². The average molecular weight is 311 g/mol. The fraction of sp³-hybridized carbons (Fsp3) is 0.462. The van der Waals surface area contributed by atoms with Crippen LogP contribution in [0.25, 0.3) is 0 Å². The lowest BCUT2D eigenvalue weighted by Crippen LogP contribution is -2.27. The van der Waals surface area contributed by atoms with Crippen LogP contribution in [-0.4, -0.2) is 5.91 Å². The SMILES string of the molecule is CC(C)(C)C(=O)Nc1cc(CN)cc(C(F)(F)F)c1.Cl. The predicted octanol–water partition coefficient (Wildman–Crippen LogP) is 3.57. The molecule has 20 heavy (non-hydrogen) atoms. The van der Waals surface area contributed by atoms with Crippen LogP contribution in [0.5, 0.6) is 0 Å². The number of hydrogen-bond acceptors (Lipinski definition) is 2. The Bertz CT molecular complexity index is 481. The minimum atomic E-state index is -4.47. The molecule has 0 atom stereocenters. The maximum atomic E-state index is 12.7. The van der Waals surface area contributed by atoms with Crippen LogP contribution in [0.3, 0.4) is 0 Å². The van der Waals surface area contributed by atoms with Gasteiger partial charge < -0.3 is 11.1 Å². The van der Waals surface area contributed by atoms with Gasteiger partial charge in [0.15, 0.2) is 0 Å².